The van der Waals surface area contributed by atoms with Gasteiger partial charge in [0.2, 0.25) is 6.19 Å². The summed E-state index contributed by atoms with van der Waals surface area (Å²) < 4.78 is 16.2. The second-order valence-corrected chi connectivity index (χ2v) is 8.47. The number of aromatic nitrogens is 5. The van der Waals surface area contributed by atoms with Gasteiger partial charge in [-0.3, -0.25) is 9.59 Å². The summed E-state index contributed by atoms with van der Waals surface area (Å²) in [4.78, 5) is 41.2. The third-order valence-electron chi connectivity index (χ3n) is 6.42. The highest BCUT2D eigenvalue weighted by atomic mass is 19.1. The molecule has 4 aromatic rings. The molecule has 0 bridgehead atoms. The van der Waals surface area contributed by atoms with E-state index in [1.165, 1.54) is 28.2 Å². The van der Waals surface area contributed by atoms with Crippen LogP contribution in [0.5, 0.6) is 0 Å². The lowest BCUT2D eigenvalue weighted by Gasteiger charge is -2.42. The summed E-state index contributed by atoms with van der Waals surface area (Å²) in [6.07, 6.45) is 7.73. The topological polar surface area (TPSA) is 136 Å². The molecule has 11 nitrogen and oxygen atoms in total. The number of H-pyrrole nitrogens is 1. The summed E-state index contributed by atoms with van der Waals surface area (Å²) in [6.45, 7) is 2.95. The summed E-state index contributed by atoms with van der Waals surface area (Å²) in [5.41, 5.74) is 0.953. The summed E-state index contributed by atoms with van der Waals surface area (Å²) in [5.74, 6) is -1.49. The van der Waals surface area contributed by atoms with Crippen LogP contribution >= 0.6 is 0 Å². The molecule has 0 aliphatic carbocycles. The van der Waals surface area contributed by atoms with Crippen LogP contribution in [0.25, 0.3) is 16.7 Å². The van der Waals surface area contributed by atoms with Crippen molar-refractivity contribution in [3.05, 3.63) is 72.1 Å². The number of piperazine rings is 1. The molecule has 12 heteroatoms. The van der Waals surface area contributed by atoms with Crippen molar-refractivity contribution in [2.45, 2.75) is 19.4 Å². The Bertz CT molecular complexity index is 1520. The predicted molar refractivity (Wildman–Crippen MR) is 131 cm³/mol. The van der Waals surface area contributed by atoms with E-state index in [1.807, 2.05) is 48.3 Å². The second kappa shape index (κ2) is 9.98. The summed E-state index contributed by atoms with van der Waals surface area (Å²) in [5, 5.41) is 16.8. The van der Waals surface area contributed by atoms with Crippen LogP contribution in [0.2, 0.25) is 0 Å². The zero-order valence-corrected chi connectivity index (χ0v) is 19.9. The molecule has 4 heterocycles. The number of nitrogens with one attached hydrogen (secondary N) is 1. The number of amides is 1. The Hall–Kier alpha value is -4.92. The van der Waals surface area contributed by atoms with Crippen molar-refractivity contribution in [1.29, 1.82) is 5.26 Å². The van der Waals surface area contributed by atoms with E-state index in [1.54, 1.807) is 0 Å². The van der Waals surface area contributed by atoms with E-state index in [2.05, 4.69) is 25.3 Å². The number of carbonyl (C=O) groups is 2. The molecule has 1 aromatic carbocycles. The normalized spacial score (nSPS) is 16.1. The quantitative estimate of drug-likeness (QED) is 0.146. The number of carbonyl (C=O) groups excluding carboxylic acids is 2. The average Bonchev–Trinajstić information content (AvgIpc) is 3.63. The van der Waals surface area contributed by atoms with Gasteiger partial charge in [-0.05, 0) is 6.42 Å². The first-order valence-electron chi connectivity index (χ1n) is 11.7. The number of aliphatic imine (C=N–C) groups is 1. The molecule has 1 atom stereocenters. The van der Waals surface area contributed by atoms with Gasteiger partial charge in [-0.25, -0.2) is 14.1 Å². The largest absolute Gasteiger partial charge is 0.357 e. The minimum atomic E-state index is -0.818. The Morgan fingerprint density at radius 3 is 2.78 bits per heavy atom. The summed E-state index contributed by atoms with van der Waals surface area (Å²) >= 11 is 0. The molecule has 1 amide bonds. The Balaban J connectivity index is 1.41. The van der Waals surface area contributed by atoms with Crippen LogP contribution < -0.4 is 0 Å². The monoisotopic (exact) mass is 499 g/mol. The minimum Gasteiger partial charge on any atom is -0.357 e. The third-order valence-corrected chi connectivity index (χ3v) is 6.42. The standard InChI is InChI=1S/C25H22FN9O2/c1-2-17-14-33(23(30-15-27)16-6-4-3-5-7-16)10-11-34(17)25(37)22(36)18-12-28-21-20(18)19(26)13-29-24(21)35-9-8-31-32-35/h3-9,12-13,17,28H,2,10-11,14H2,1H3/b30-23+/t17-/m1/s1. The zero-order chi connectivity index (χ0) is 25.9. The number of rotatable bonds is 5. The first-order valence-corrected chi connectivity index (χ1v) is 11.7. The Morgan fingerprint density at radius 1 is 1.27 bits per heavy atom. The van der Waals surface area contributed by atoms with Gasteiger partial charge >= 0.3 is 0 Å². The number of Topliss-reactive ketones (excluding diaryl/α,β-unsaturated/α-hetero) is 1. The van der Waals surface area contributed by atoms with E-state index < -0.39 is 17.5 Å². The van der Waals surface area contributed by atoms with Crippen molar-refractivity contribution >= 4 is 28.4 Å². The Morgan fingerprint density at radius 2 is 2.08 bits per heavy atom. The Labute approximate surface area is 210 Å². The van der Waals surface area contributed by atoms with Gasteiger partial charge in [-0.2, -0.15) is 10.3 Å². The SMILES string of the molecule is CC[C@@H]1CN(/C(=N/C#N)c2ccccc2)CCN1C(=O)C(=O)c1c[nH]c2c(-n3ccnn3)ncc(F)c12. The maximum Gasteiger partial charge on any atom is 0.295 e. The number of aromatic amines is 1. The molecule has 3 aromatic heterocycles. The fourth-order valence-electron chi connectivity index (χ4n) is 4.63. The highest BCUT2D eigenvalue weighted by Gasteiger charge is 2.35. The number of pyridine rings is 1. The maximum absolute atomic E-state index is 14.8. The van der Waals surface area contributed by atoms with Crippen molar-refractivity contribution < 1.29 is 14.0 Å². The third kappa shape index (κ3) is 4.31. The molecular weight excluding hydrogens is 477 g/mol. The molecule has 0 spiro atoms. The lowest BCUT2D eigenvalue weighted by atomic mass is 10.0. The number of amidine groups is 1. The zero-order valence-electron chi connectivity index (χ0n) is 19.9. The van der Waals surface area contributed by atoms with Crippen molar-refractivity contribution in [2.75, 3.05) is 19.6 Å². The van der Waals surface area contributed by atoms with Gasteiger partial charge in [0.15, 0.2) is 11.6 Å². The summed E-state index contributed by atoms with van der Waals surface area (Å²) in [7, 11) is 0. The van der Waals surface area contributed by atoms with Gasteiger partial charge in [0.05, 0.1) is 35.1 Å². The van der Waals surface area contributed by atoms with Crippen LogP contribution in [0.4, 0.5) is 4.39 Å². The first kappa shape index (κ1) is 23.8. The summed E-state index contributed by atoms with van der Waals surface area (Å²) in [6, 6.07) is 9.03. The second-order valence-electron chi connectivity index (χ2n) is 8.47. The molecule has 1 fully saturated rings. The fraction of sp³-hybridized carbons (Fsp3) is 0.240. The molecule has 1 aliphatic rings. The number of halogens is 1. The van der Waals surface area contributed by atoms with E-state index >= 15 is 0 Å². The number of hydrogen-bond donors (Lipinski definition) is 1. The molecular formula is C25H22FN9O2. The molecule has 1 N–H and O–H groups in total. The highest BCUT2D eigenvalue weighted by molar-refractivity contribution is 6.45. The van der Waals surface area contributed by atoms with Gasteiger partial charge in [-0.15, -0.1) is 5.10 Å². The van der Waals surface area contributed by atoms with E-state index in [0.717, 1.165) is 11.8 Å². The lowest BCUT2D eigenvalue weighted by Crippen LogP contribution is -2.57. The predicted octanol–water partition coefficient (Wildman–Crippen LogP) is 2.32. The average molecular weight is 500 g/mol. The van der Waals surface area contributed by atoms with Gasteiger partial charge in [-0.1, -0.05) is 42.5 Å². The molecule has 0 unspecified atom stereocenters. The van der Waals surface area contributed by atoms with Gasteiger partial charge in [0.1, 0.15) is 5.84 Å². The number of nitriles is 1. The van der Waals surface area contributed by atoms with Crippen LogP contribution in [0, 0.1) is 17.3 Å². The van der Waals surface area contributed by atoms with Crippen molar-refractivity contribution in [3.63, 3.8) is 0 Å². The Kier molecular flexibility index (Phi) is 6.42. The van der Waals surface area contributed by atoms with Crippen LogP contribution in [-0.2, 0) is 4.79 Å². The van der Waals surface area contributed by atoms with Crippen LogP contribution in [0.1, 0.15) is 29.3 Å². The minimum absolute atomic E-state index is 0.0296. The fourth-order valence-corrected chi connectivity index (χ4v) is 4.63. The molecule has 0 saturated carbocycles. The molecule has 1 saturated heterocycles. The van der Waals surface area contributed by atoms with Crippen LogP contribution in [0.3, 0.4) is 0 Å². The van der Waals surface area contributed by atoms with E-state index in [0.29, 0.717) is 25.3 Å². The maximum atomic E-state index is 14.8. The molecule has 37 heavy (non-hydrogen) atoms. The van der Waals surface area contributed by atoms with E-state index in [9.17, 15) is 19.2 Å². The molecule has 0 radical (unpaired) electrons. The van der Waals surface area contributed by atoms with Crippen LogP contribution in [-0.4, -0.2) is 78.0 Å². The molecule has 5 rings (SSSR count). The van der Waals surface area contributed by atoms with Gasteiger partial charge in [0, 0.05) is 37.4 Å². The van der Waals surface area contributed by atoms with Crippen molar-refractivity contribution in [1.82, 2.24) is 34.8 Å². The van der Waals surface area contributed by atoms with E-state index in [4.69, 9.17) is 0 Å². The van der Waals surface area contributed by atoms with Gasteiger partial charge < -0.3 is 14.8 Å². The smallest absolute Gasteiger partial charge is 0.295 e. The molecule has 1 aliphatic heterocycles. The number of fused-ring (bicyclic) bond motifs is 1. The number of nitrogens with zero attached hydrogens (tertiary/aromatic N) is 8. The first-order chi connectivity index (χ1) is 18.0. The number of ketones is 1. The number of benzene rings is 1. The van der Waals surface area contributed by atoms with Crippen molar-refractivity contribution in [3.8, 4) is 12.0 Å². The lowest BCUT2D eigenvalue weighted by molar-refractivity contribution is -0.130. The molecule has 186 valence electrons. The van der Waals surface area contributed by atoms with E-state index in [-0.39, 0.29) is 34.9 Å². The van der Waals surface area contributed by atoms with Crippen LogP contribution in [0.15, 0.2) is 60.1 Å². The van der Waals surface area contributed by atoms with Gasteiger partial charge in [0.25, 0.3) is 11.7 Å². The van der Waals surface area contributed by atoms with Crippen molar-refractivity contribution in [2.24, 2.45) is 4.99 Å². The number of hydrogen-bond acceptors (Lipinski definition) is 7. The highest BCUT2D eigenvalue weighted by Crippen LogP contribution is 2.27.